The Hall–Kier alpha value is -2.82. The minimum atomic E-state index is -1.26. The number of carboxylic acid groups (broad SMARTS) is 2. The molecule has 2 heterocycles. The van der Waals surface area contributed by atoms with Crippen LogP contribution in [0.15, 0.2) is 34.4 Å². The van der Waals surface area contributed by atoms with Crippen LogP contribution in [0, 0.1) is 6.92 Å². The molecular formula is C19H28N8O4S4. The third kappa shape index (κ3) is 14.9. The van der Waals surface area contributed by atoms with Crippen LogP contribution < -0.4 is 22.1 Å². The predicted octanol–water partition coefficient (Wildman–Crippen LogP) is 1.29. The van der Waals surface area contributed by atoms with E-state index in [1.807, 2.05) is 24.1 Å². The second-order valence-corrected chi connectivity index (χ2v) is 9.83. The van der Waals surface area contributed by atoms with Gasteiger partial charge in [-0.2, -0.15) is 11.8 Å². The van der Waals surface area contributed by atoms with Crippen molar-refractivity contribution < 1.29 is 19.8 Å². The van der Waals surface area contributed by atoms with Gasteiger partial charge in [0.25, 0.3) is 0 Å². The molecule has 12 nitrogen and oxygen atoms in total. The van der Waals surface area contributed by atoms with E-state index in [0.717, 1.165) is 47.4 Å². The molecule has 2 aromatic rings. The lowest BCUT2D eigenvalue weighted by atomic mass is 10.4. The van der Waals surface area contributed by atoms with Gasteiger partial charge in [0, 0.05) is 53.6 Å². The van der Waals surface area contributed by atoms with E-state index in [1.165, 1.54) is 11.3 Å². The maximum atomic E-state index is 9.55. The molecule has 0 bridgehead atoms. The zero-order valence-corrected chi connectivity index (χ0v) is 22.1. The number of nitrogens with two attached hydrogens (primary N) is 2. The summed E-state index contributed by atoms with van der Waals surface area (Å²) in [7, 11) is 0. The lowest BCUT2D eigenvalue weighted by molar-refractivity contribution is -0.134. The van der Waals surface area contributed by atoms with Gasteiger partial charge in [-0.15, -0.1) is 23.1 Å². The normalized spacial score (nSPS) is 11.2. The number of thiazole rings is 1. The number of aromatic amines is 1. The first-order chi connectivity index (χ1) is 16.7. The van der Waals surface area contributed by atoms with Crippen LogP contribution in [-0.4, -0.2) is 72.8 Å². The average Bonchev–Trinajstić information content (AvgIpc) is 3.46. The van der Waals surface area contributed by atoms with Crippen molar-refractivity contribution in [1.82, 2.24) is 25.6 Å². The molecule has 0 amide bonds. The highest BCUT2D eigenvalue weighted by Crippen LogP contribution is 2.29. The third-order valence-electron chi connectivity index (χ3n) is 3.71. The Labute approximate surface area is 220 Å². The van der Waals surface area contributed by atoms with Crippen LogP contribution in [0.25, 0.3) is 0 Å². The fourth-order valence-electron chi connectivity index (χ4n) is 2.15. The molecule has 2 aromatic heterocycles. The van der Waals surface area contributed by atoms with E-state index in [2.05, 4.69) is 30.6 Å². The Morgan fingerprint density at radius 1 is 1.23 bits per heavy atom. The van der Waals surface area contributed by atoms with Crippen LogP contribution in [0.3, 0.4) is 0 Å². The second kappa shape index (κ2) is 17.6. The second-order valence-electron chi connectivity index (χ2n) is 6.41. The number of nitrogens with one attached hydrogen (secondary N) is 3. The van der Waals surface area contributed by atoms with Crippen LogP contribution >= 0.6 is 47.1 Å². The smallest absolute Gasteiger partial charge is 0.328 e. The Morgan fingerprint density at radius 3 is 2.40 bits per heavy atom. The van der Waals surface area contributed by atoms with E-state index in [1.54, 1.807) is 23.6 Å². The first-order valence-electron chi connectivity index (χ1n) is 9.99. The lowest BCUT2D eigenvalue weighted by Crippen LogP contribution is -2.37. The van der Waals surface area contributed by atoms with Crippen molar-refractivity contribution in [3.05, 3.63) is 46.5 Å². The number of H-pyrrole nitrogens is 1. The van der Waals surface area contributed by atoms with E-state index in [0.29, 0.717) is 17.3 Å². The summed E-state index contributed by atoms with van der Waals surface area (Å²) in [4.78, 5) is 35.0. The number of rotatable bonds is 13. The monoisotopic (exact) mass is 560 g/mol. The number of guanidine groups is 1. The quantitative estimate of drug-likeness (QED) is 0.0607. The molecule has 2 rings (SSSR count). The number of thioether (sulfide) groups is 2. The third-order valence-corrected chi connectivity index (χ3v) is 6.67. The van der Waals surface area contributed by atoms with Crippen molar-refractivity contribution in [2.45, 2.75) is 18.1 Å². The fraction of sp³-hybridized carbons (Fsp3) is 0.368. The fourth-order valence-corrected chi connectivity index (χ4v) is 4.82. The Kier molecular flexibility index (Phi) is 15.2. The van der Waals surface area contributed by atoms with Gasteiger partial charge < -0.3 is 37.3 Å². The minimum absolute atomic E-state index is 0.0631. The summed E-state index contributed by atoms with van der Waals surface area (Å²) in [5, 5.41) is 24.4. The molecular weight excluding hydrogens is 533 g/mol. The number of aryl methyl sites for hydroxylation is 1. The molecule has 0 fully saturated rings. The largest absolute Gasteiger partial charge is 0.478 e. The Bertz CT molecular complexity index is 961. The maximum Gasteiger partial charge on any atom is 0.328 e. The summed E-state index contributed by atoms with van der Waals surface area (Å²) in [5.41, 5.74) is 15.9. The number of carbonyl (C=O) groups is 2. The SMILES string of the molecule is Cc1[nH]cnc1CSCCNC(=S)NCCSC(N=C(N)N)c1cscn1.O=C(O)/C=C\C(=O)O. The van der Waals surface area contributed by atoms with Gasteiger partial charge in [-0.3, -0.25) is 0 Å². The molecule has 0 aliphatic heterocycles. The predicted molar refractivity (Wildman–Crippen MR) is 146 cm³/mol. The molecule has 9 N–H and O–H groups in total. The molecule has 1 atom stereocenters. The van der Waals surface area contributed by atoms with Crippen LogP contribution in [0.1, 0.15) is 22.5 Å². The Morgan fingerprint density at radius 2 is 1.89 bits per heavy atom. The molecule has 16 heteroatoms. The molecule has 0 aromatic carbocycles. The van der Waals surface area contributed by atoms with Gasteiger partial charge in [0.05, 0.1) is 23.2 Å². The van der Waals surface area contributed by atoms with Crippen molar-refractivity contribution in [1.29, 1.82) is 0 Å². The summed E-state index contributed by atoms with van der Waals surface area (Å²) in [5.74, 6) is 0.206. The number of thiocarbonyl (C=S) groups is 1. The van der Waals surface area contributed by atoms with Gasteiger partial charge in [0.15, 0.2) is 11.1 Å². The van der Waals surface area contributed by atoms with Gasteiger partial charge in [0.2, 0.25) is 0 Å². The standard InChI is InChI=1S/C15H24N8S4.C4H4O4/c1-10-11(21-8-20-10)6-25-4-2-18-15(24)19-3-5-27-13(23-14(16)17)12-7-26-9-22-12;5-3(6)1-2-4(7)8/h7-9,13H,2-6H2,1H3,(H,20,21)(H4,16,17,23)(H2,18,19,24);1-2H,(H,5,6)(H,7,8)/b;2-1-. The van der Waals surface area contributed by atoms with Crippen molar-refractivity contribution in [2.75, 3.05) is 24.6 Å². The molecule has 0 spiro atoms. The topological polar surface area (TPSA) is 205 Å². The molecule has 0 radical (unpaired) electrons. The number of hydrogen-bond donors (Lipinski definition) is 7. The van der Waals surface area contributed by atoms with Crippen molar-refractivity contribution in [3.8, 4) is 0 Å². The highest BCUT2D eigenvalue weighted by Gasteiger charge is 2.13. The van der Waals surface area contributed by atoms with Gasteiger partial charge >= 0.3 is 11.9 Å². The number of carboxylic acids is 2. The summed E-state index contributed by atoms with van der Waals surface area (Å²) >= 11 is 10.3. The highest BCUT2D eigenvalue weighted by atomic mass is 32.2. The number of imidazole rings is 1. The summed E-state index contributed by atoms with van der Waals surface area (Å²) < 4.78 is 0. The van der Waals surface area contributed by atoms with Gasteiger partial charge in [-0.25, -0.2) is 24.5 Å². The molecule has 0 aliphatic carbocycles. The van der Waals surface area contributed by atoms with Gasteiger partial charge in [0.1, 0.15) is 5.37 Å². The van der Waals surface area contributed by atoms with Crippen molar-refractivity contribution >= 4 is 70.1 Å². The molecule has 1 unspecified atom stereocenters. The molecule has 0 aliphatic rings. The maximum absolute atomic E-state index is 9.55. The van der Waals surface area contributed by atoms with E-state index in [4.69, 9.17) is 33.9 Å². The number of nitrogens with zero attached hydrogens (tertiary/aromatic N) is 3. The lowest BCUT2D eigenvalue weighted by Gasteiger charge is -2.12. The zero-order chi connectivity index (χ0) is 26.1. The van der Waals surface area contributed by atoms with Crippen molar-refractivity contribution in [3.63, 3.8) is 0 Å². The first kappa shape index (κ1) is 30.2. The highest BCUT2D eigenvalue weighted by molar-refractivity contribution is 7.99. The number of hydrogen-bond acceptors (Lipinski definition) is 9. The molecule has 192 valence electrons. The van der Waals surface area contributed by atoms with Crippen molar-refractivity contribution in [2.24, 2.45) is 16.5 Å². The first-order valence-corrected chi connectivity index (χ1v) is 13.5. The number of aromatic nitrogens is 3. The van der Waals surface area contributed by atoms with Crippen LogP contribution in [0.4, 0.5) is 0 Å². The number of aliphatic carboxylic acids is 2. The van der Waals surface area contributed by atoms with Gasteiger partial charge in [-0.1, -0.05) is 0 Å². The molecule has 35 heavy (non-hydrogen) atoms. The number of aliphatic imine (C=N–C) groups is 1. The Balaban J connectivity index is 0.000000658. The van der Waals surface area contributed by atoms with Gasteiger partial charge in [-0.05, 0) is 19.1 Å². The average molecular weight is 561 g/mol. The summed E-state index contributed by atoms with van der Waals surface area (Å²) in [6.45, 7) is 3.56. The molecule has 0 saturated heterocycles. The van der Waals surface area contributed by atoms with Crippen LogP contribution in [0.2, 0.25) is 0 Å². The van der Waals surface area contributed by atoms with E-state index >= 15 is 0 Å². The zero-order valence-electron chi connectivity index (χ0n) is 18.8. The van der Waals surface area contributed by atoms with E-state index < -0.39 is 11.9 Å². The van der Waals surface area contributed by atoms with Crippen LogP contribution in [0.5, 0.6) is 0 Å². The van der Waals surface area contributed by atoms with E-state index in [9.17, 15) is 9.59 Å². The summed E-state index contributed by atoms with van der Waals surface area (Å²) in [6.07, 6.45) is 2.84. The summed E-state index contributed by atoms with van der Waals surface area (Å²) in [6, 6.07) is 0. The van der Waals surface area contributed by atoms with Crippen LogP contribution in [-0.2, 0) is 15.3 Å². The van der Waals surface area contributed by atoms with E-state index in [-0.39, 0.29) is 11.3 Å². The molecule has 0 saturated carbocycles. The minimum Gasteiger partial charge on any atom is -0.478 e.